The van der Waals surface area contributed by atoms with Gasteiger partial charge in [-0.3, -0.25) is 9.69 Å². The second kappa shape index (κ2) is 6.91. The summed E-state index contributed by atoms with van der Waals surface area (Å²) in [6.45, 7) is 4.52. The van der Waals surface area contributed by atoms with Crippen LogP contribution in [0.4, 0.5) is 13.2 Å². The molecule has 1 fully saturated rings. The van der Waals surface area contributed by atoms with Crippen LogP contribution >= 0.6 is 0 Å². The molecule has 1 heterocycles. The highest BCUT2D eigenvalue weighted by atomic mass is 19.1. The second-order valence-corrected chi connectivity index (χ2v) is 5.06. The molecule has 0 unspecified atom stereocenters. The van der Waals surface area contributed by atoms with Gasteiger partial charge >= 0.3 is 0 Å². The molecule has 0 atom stereocenters. The average molecular weight is 301 g/mol. The van der Waals surface area contributed by atoms with E-state index in [-0.39, 0.29) is 0 Å². The second-order valence-electron chi connectivity index (χ2n) is 5.06. The monoisotopic (exact) mass is 301 g/mol. The van der Waals surface area contributed by atoms with Gasteiger partial charge in [-0.1, -0.05) is 0 Å². The van der Waals surface area contributed by atoms with Gasteiger partial charge in [-0.2, -0.15) is 0 Å². The van der Waals surface area contributed by atoms with Gasteiger partial charge in [0.2, 0.25) is 0 Å². The number of nitrogens with one attached hydrogen (secondary N) is 1. The highest BCUT2D eigenvalue weighted by molar-refractivity contribution is 5.94. The van der Waals surface area contributed by atoms with Crippen molar-refractivity contribution < 1.29 is 18.0 Å². The van der Waals surface area contributed by atoms with Gasteiger partial charge in [-0.15, -0.1) is 0 Å². The van der Waals surface area contributed by atoms with Crippen molar-refractivity contribution in [1.29, 1.82) is 0 Å². The van der Waals surface area contributed by atoms with Crippen LogP contribution in [0.15, 0.2) is 12.1 Å². The van der Waals surface area contributed by atoms with E-state index in [0.29, 0.717) is 25.2 Å². The molecule has 0 bridgehead atoms. The Kier molecular flexibility index (Phi) is 5.19. The summed E-state index contributed by atoms with van der Waals surface area (Å²) in [6.07, 6.45) is 0. The summed E-state index contributed by atoms with van der Waals surface area (Å²) in [5.74, 6) is -4.16. The lowest BCUT2D eigenvalue weighted by atomic mass is 10.1. The topological polar surface area (TPSA) is 35.6 Å². The van der Waals surface area contributed by atoms with Crippen LogP contribution in [0.5, 0.6) is 0 Å². The van der Waals surface area contributed by atoms with Gasteiger partial charge in [-0.05, 0) is 0 Å². The Balaban J connectivity index is 1.99. The van der Waals surface area contributed by atoms with Crippen molar-refractivity contribution in [3.8, 4) is 0 Å². The largest absolute Gasteiger partial charge is 0.340 e. The minimum absolute atomic E-state index is 0.356. The third-order valence-electron chi connectivity index (χ3n) is 3.53. The van der Waals surface area contributed by atoms with Gasteiger partial charge in [-0.25, -0.2) is 13.2 Å². The van der Waals surface area contributed by atoms with E-state index in [1.807, 2.05) is 0 Å². The maximum absolute atomic E-state index is 13.6. The molecule has 1 saturated heterocycles. The number of nitrogens with zero attached hydrogens (tertiary/aromatic N) is 2. The van der Waals surface area contributed by atoms with Crippen LogP contribution in [0.25, 0.3) is 0 Å². The van der Waals surface area contributed by atoms with Crippen molar-refractivity contribution in [3.63, 3.8) is 0 Å². The molecule has 4 nitrogen and oxygen atoms in total. The number of likely N-dealkylation sites (N-methyl/N-ethyl adjacent to an activating group) is 1. The number of hydrogen-bond acceptors (Lipinski definition) is 3. The number of carbonyl (C=O) groups excluding carboxylic acids is 1. The summed E-state index contributed by atoms with van der Waals surface area (Å²) in [7, 11) is 1.48. The van der Waals surface area contributed by atoms with E-state index >= 15 is 0 Å². The van der Waals surface area contributed by atoms with E-state index < -0.39 is 28.9 Å². The molecule has 1 aliphatic rings. The van der Waals surface area contributed by atoms with Gasteiger partial charge in [0.25, 0.3) is 5.91 Å². The first-order valence-electron chi connectivity index (χ1n) is 6.82. The van der Waals surface area contributed by atoms with Crippen LogP contribution in [0.2, 0.25) is 0 Å². The molecule has 0 saturated carbocycles. The van der Waals surface area contributed by atoms with Crippen molar-refractivity contribution in [2.24, 2.45) is 0 Å². The Labute approximate surface area is 121 Å². The summed E-state index contributed by atoms with van der Waals surface area (Å²) in [5.41, 5.74) is -0.709. The molecule has 0 spiro atoms. The van der Waals surface area contributed by atoms with Gasteiger partial charge in [0.05, 0.1) is 0 Å². The Hall–Kier alpha value is -1.60. The first-order chi connectivity index (χ1) is 9.99. The lowest BCUT2D eigenvalue weighted by molar-refractivity contribution is 0.0765. The third-order valence-corrected chi connectivity index (χ3v) is 3.53. The Morgan fingerprint density at radius 3 is 2.38 bits per heavy atom. The summed E-state index contributed by atoms with van der Waals surface area (Å²) in [6, 6.07) is 1.03. The first kappa shape index (κ1) is 15.8. The van der Waals surface area contributed by atoms with Crippen LogP contribution in [0.3, 0.4) is 0 Å². The number of benzene rings is 1. The van der Waals surface area contributed by atoms with Crippen molar-refractivity contribution in [3.05, 3.63) is 35.1 Å². The predicted octanol–water partition coefficient (Wildman–Crippen LogP) is 1.08. The Morgan fingerprint density at radius 1 is 1.24 bits per heavy atom. The molecule has 1 aromatic rings. The number of amides is 1. The van der Waals surface area contributed by atoms with E-state index in [0.717, 1.165) is 26.2 Å². The smallest absolute Gasteiger partial charge is 0.259 e. The van der Waals surface area contributed by atoms with E-state index in [1.54, 1.807) is 0 Å². The number of carbonyl (C=O) groups is 1. The van der Waals surface area contributed by atoms with Crippen LogP contribution in [0.1, 0.15) is 10.4 Å². The molecule has 1 aliphatic heterocycles. The number of piperazine rings is 1. The SMILES string of the molecule is CN(CCN1CCNCC1)C(=O)c1c(F)cc(F)cc1F. The summed E-state index contributed by atoms with van der Waals surface area (Å²) < 4.78 is 40.0. The molecule has 0 aliphatic carbocycles. The predicted molar refractivity (Wildman–Crippen MR) is 72.6 cm³/mol. The van der Waals surface area contributed by atoms with Gasteiger partial charge in [0, 0.05) is 58.4 Å². The molecule has 21 heavy (non-hydrogen) atoms. The summed E-state index contributed by atoms with van der Waals surface area (Å²) >= 11 is 0. The van der Waals surface area contributed by atoms with Crippen molar-refractivity contribution >= 4 is 5.91 Å². The average Bonchev–Trinajstić information content (AvgIpc) is 2.44. The summed E-state index contributed by atoms with van der Waals surface area (Å²) in [5, 5.41) is 3.21. The highest BCUT2D eigenvalue weighted by Crippen LogP contribution is 2.16. The molecule has 0 aromatic heterocycles. The molecule has 116 valence electrons. The molecular weight excluding hydrogens is 283 g/mol. The zero-order valence-electron chi connectivity index (χ0n) is 11.8. The molecule has 0 radical (unpaired) electrons. The van der Waals surface area contributed by atoms with Gasteiger partial charge < -0.3 is 10.2 Å². The standard InChI is InChI=1S/C14H18F3N3O/c1-19(6-7-20-4-2-18-3-5-20)14(21)13-11(16)8-10(15)9-12(13)17/h8-9,18H,2-7H2,1H3. The lowest BCUT2D eigenvalue weighted by Crippen LogP contribution is -2.46. The fourth-order valence-corrected chi connectivity index (χ4v) is 2.27. The fraction of sp³-hybridized carbons (Fsp3) is 0.500. The van der Waals surface area contributed by atoms with E-state index in [2.05, 4.69) is 10.2 Å². The normalized spacial score (nSPS) is 16.0. The molecule has 1 N–H and O–H groups in total. The molecule has 1 aromatic carbocycles. The minimum Gasteiger partial charge on any atom is -0.340 e. The van der Waals surface area contributed by atoms with Crippen LogP contribution in [-0.2, 0) is 0 Å². The fourth-order valence-electron chi connectivity index (χ4n) is 2.27. The maximum atomic E-state index is 13.6. The van der Waals surface area contributed by atoms with Crippen molar-refractivity contribution in [2.45, 2.75) is 0 Å². The zero-order chi connectivity index (χ0) is 15.4. The Morgan fingerprint density at radius 2 is 1.81 bits per heavy atom. The summed E-state index contributed by atoms with van der Waals surface area (Å²) in [4.78, 5) is 15.5. The quantitative estimate of drug-likeness (QED) is 0.904. The van der Waals surface area contributed by atoms with Crippen LogP contribution < -0.4 is 5.32 Å². The Bertz CT molecular complexity index is 495. The molecule has 1 amide bonds. The van der Waals surface area contributed by atoms with Crippen molar-refractivity contribution in [1.82, 2.24) is 15.1 Å². The zero-order valence-corrected chi connectivity index (χ0v) is 11.8. The molecular formula is C14H18F3N3O. The molecule has 2 rings (SSSR count). The van der Waals surface area contributed by atoms with Crippen LogP contribution in [0, 0.1) is 17.5 Å². The number of hydrogen-bond donors (Lipinski definition) is 1. The third kappa shape index (κ3) is 3.95. The highest BCUT2D eigenvalue weighted by Gasteiger charge is 2.22. The number of halogens is 3. The lowest BCUT2D eigenvalue weighted by Gasteiger charge is -2.29. The van der Waals surface area contributed by atoms with Gasteiger partial charge in [0.1, 0.15) is 23.0 Å². The first-order valence-corrected chi connectivity index (χ1v) is 6.82. The van der Waals surface area contributed by atoms with Crippen LogP contribution in [-0.4, -0.2) is 62.0 Å². The van der Waals surface area contributed by atoms with E-state index in [4.69, 9.17) is 0 Å². The molecule has 7 heteroatoms. The minimum atomic E-state index is -1.17. The number of rotatable bonds is 4. The van der Waals surface area contributed by atoms with Gasteiger partial charge in [0.15, 0.2) is 0 Å². The van der Waals surface area contributed by atoms with Crippen molar-refractivity contribution in [2.75, 3.05) is 46.3 Å². The maximum Gasteiger partial charge on any atom is 0.259 e. The van der Waals surface area contributed by atoms with E-state index in [9.17, 15) is 18.0 Å². The van der Waals surface area contributed by atoms with E-state index in [1.165, 1.54) is 11.9 Å².